The summed E-state index contributed by atoms with van der Waals surface area (Å²) in [5, 5.41) is 27.0. The fraction of sp³-hybridized carbons (Fsp3) is 0.452. The van der Waals surface area contributed by atoms with Gasteiger partial charge in [0.25, 0.3) is 5.01 Å². The van der Waals surface area contributed by atoms with Crippen LogP contribution in [-0.4, -0.2) is 54.9 Å². The number of anilines is 1. The minimum Gasteiger partial charge on any atom is -0.481 e. The summed E-state index contributed by atoms with van der Waals surface area (Å²) in [7, 11) is 0. The summed E-state index contributed by atoms with van der Waals surface area (Å²) in [6.07, 6.45) is 23.5. The van der Waals surface area contributed by atoms with Crippen LogP contribution in [0.4, 0.5) is 5.69 Å². The van der Waals surface area contributed by atoms with Crippen molar-refractivity contribution in [1.29, 1.82) is 0 Å². The van der Waals surface area contributed by atoms with Crippen molar-refractivity contribution >= 4 is 57.0 Å². The number of carboxylic acid groups (broad SMARTS) is 2. The highest BCUT2D eigenvalue weighted by Crippen LogP contribution is 2.48. The minimum atomic E-state index is -0.779. The van der Waals surface area contributed by atoms with Crippen molar-refractivity contribution in [3.05, 3.63) is 93.5 Å². The second kappa shape index (κ2) is 18.9. The maximum absolute atomic E-state index is 11.0. The van der Waals surface area contributed by atoms with Gasteiger partial charge < -0.3 is 25.7 Å². The molecule has 0 unspecified atom stereocenters. The number of aromatic nitrogens is 1. The molecule has 276 valence electrons. The van der Waals surface area contributed by atoms with Crippen molar-refractivity contribution in [2.75, 3.05) is 37.6 Å². The van der Waals surface area contributed by atoms with E-state index in [1.54, 1.807) is 23.1 Å². The third-order valence-electron chi connectivity index (χ3n) is 10.4. The lowest BCUT2D eigenvalue weighted by Crippen LogP contribution is -2.40. The summed E-state index contributed by atoms with van der Waals surface area (Å²) in [5.74, 6) is -0.260. The Kier molecular flexibility index (Phi) is 13.8. The summed E-state index contributed by atoms with van der Waals surface area (Å²) in [6.45, 7) is 6.03. The fourth-order valence-corrected chi connectivity index (χ4v) is 9.78. The standard InChI is InChI=1S/C42H52N4O4S2/c1-30(8-6-14-39-45(26-24-43-22-20-41(47)48)35-28-33(16-18-37(35)51-39)31-10-2-3-11-31)9-7-15-40-46(27-25-44-23-21-42(49)50)36-29-34(17-19-38(36)52-40)32-12-4-5-13-32/h6-9,14-19,28-29,31-32,43-44H,2-5,10-13,20-27H2,1H3,(H-,47,48,49,50)/p+1. The first-order chi connectivity index (χ1) is 25.4. The molecule has 4 N–H and O–H groups in total. The van der Waals surface area contributed by atoms with E-state index >= 15 is 0 Å². The van der Waals surface area contributed by atoms with Gasteiger partial charge in [0.05, 0.1) is 30.1 Å². The molecular weight excluding hydrogens is 689 g/mol. The maximum Gasteiger partial charge on any atom is 0.304 e. The number of nitrogens with one attached hydrogen (secondary N) is 2. The lowest BCUT2D eigenvalue weighted by molar-refractivity contribution is -0.666. The summed E-state index contributed by atoms with van der Waals surface area (Å²) in [5.41, 5.74) is 6.53. The van der Waals surface area contributed by atoms with E-state index in [4.69, 9.17) is 10.2 Å². The number of thioether (sulfide) groups is 1. The molecular formula is C42H53N4O4S2+. The molecule has 2 aliphatic carbocycles. The number of rotatable bonds is 18. The van der Waals surface area contributed by atoms with Crippen LogP contribution in [0.25, 0.3) is 16.3 Å². The predicted molar refractivity (Wildman–Crippen MR) is 214 cm³/mol. The Hall–Kier alpha value is -3.70. The van der Waals surface area contributed by atoms with Gasteiger partial charge in [-0.25, -0.2) is 0 Å². The van der Waals surface area contributed by atoms with E-state index in [-0.39, 0.29) is 12.8 Å². The van der Waals surface area contributed by atoms with Crippen LogP contribution < -0.4 is 20.1 Å². The van der Waals surface area contributed by atoms with Gasteiger partial charge in [-0.15, -0.1) is 0 Å². The van der Waals surface area contributed by atoms with Crippen LogP contribution in [0.1, 0.15) is 99.1 Å². The van der Waals surface area contributed by atoms with Crippen LogP contribution in [-0.2, 0) is 16.1 Å². The Morgan fingerprint density at radius 1 is 0.865 bits per heavy atom. The lowest BCUT2D eigenvalue weighted by atomic mass is 9.97. The smallest absolute Gasteiger partial charge is 0.304 e. The molecule has 10 heteroatoms. The SMILES string of the molecule is CC(C=CC=C1Sc2ccc(C3CCCC3)cc2N1CCNCCC(=O)O)=CC=Cc1sc2ccc(C3CCCC3)cc2[n+]1CCNCCC(=O)O. The maximum atomic E-state index is 11.0. The molecule has 2 aromatic carbocycles. The molecule has 1 aliphatic heterocycles. The van der Waals surface area contributed by atoms with E-state index in [1.807, 2.05) is 0 Å². The van der Waals surface area contributed by atoms with Crippen LogP contribution in [0.5, 0.6) is 0 Å². The number of aliphatic carboxylic acids is 2. The van der Waals surface area contributed by atoms with Crippen molar-refractivity contribution < 1.29 is 24.4 Å². The molecule has 0 amide bonds. The van der Waals surface area contributed by atoms with Crippen LogP contribution in [0.15, 0.2) is 82.3 Å². The molecule has 2 fully saturated rings. The Morgan fingerprint density at radius 3 is 2.21 bits per heavy atom. The molecule has 0 atom stereocenters. The van der Waals surface area contributed by atoms with Gasteiger partial charge in [0, 0.05) is 43.2 Å². The second-order valence-electron chi connectivity index (χ2n) is 14.2. The van der Waals surface area contributed by atoms with Crippen molar-refractivity contribution in [3.63, 3.8) is 0 Å². The van der Waals surface area contributed by atoms with Crippen molar-refractivity contribution in [2.45, 2.75) is 94.4 Å². The Labute approximate surface area is 316 Å². The highest BCUT2D eigenvalue weighted by atomic mass is 32.2. The van der Waals surface area contributed by atoms with E-state index in [0.717, 1.165) is 18.7 Å². The van der Waals surface area contributed by atoms with Crippen molar-refractivity contribution in [1.82, 2.24) is 10.6 Å². The van der Waals surface area contributed by atoms with E-state index in [9.17, 15) is 9.59 Å². The summed E-state index contributed by atoms with van der Waals surface area (Å²) < 4.78 is 3.65. The van der Waals surface area contributed by atoms with Gasteiger partial charge in [0.1, 0.15) is 4.70 Å². The molecule has 6 rings (SSSR count). The number of carbonyl (C=O) groups is 2. The van der Waals surface area contributed by atoms with Gasteiger partial charge in [0.15, 0.2) is 6.54 Å². The zero-order valence-electron chi connectivity index (χ0n) is 30.3. The zero-order valence-corrected chi connectivity index (χ0v) is 32.0. The normalized spacial score (nSPS) is 17.9. The molecule has 8 nitrogen and oxygen atoms in total. The van der Waals surface area contributed by atoms with Crippen LogP contribution in [0, 0.1) is 0 Å². The van der Waals surface area contributed by atoms with Gasteiger partial charge >= 0.3 is 11.9 Å². The van der Waals surface area contributed by atoms with Gasteiger partial charge in [-0.2, -0.15) is 4.57 Å². The molecule has 1 aromatic heterocycles. The first kappa shape index (κ1) is 38.0. The Bertz CT molecular complexity index is 1830. The first-order valence-electron chi connectivity index (χ1n) is 19.0. The summed E-state index contributed by atoms with van der Waals surface area (Å²) in [6, 6.07) is 14.0. The molecule has 52 heavy (non-hydrogen) atoms. The number of thiazole rings is 1. The largest absolute Gasteiger partial charge is 0.481 e. The summed E-state index contributed by atoms with van der Waals surface area (Å²) in [4.78, 5) is 25.6. The van der Waals surface area contributed by atoms with Crippen molar-refractivity contribution in [3.8, 4) is 0 Å². The predicted octanol–water partition coefficient (Wildman–Crippen LogP) is 8.60. The van der Waals surface area contributed by atoms with E-state index in [1.165, 1.54) is 93.3 Å². The average Bonchev–Trinajstić information content (AvgIpc) is 3.95. The van der Waals surface area contributed by atoms with Gasteiger partial charge in [-0.05, 0) is 79.8 Å². The molecule has 0 bridgehead atoms. The number of allylic oxidation sites excluding steroid dienone is 6. The second-order valence-corrected chi connectivity index (χ2v) is 16.3. The molecule has 3 aliphatic rings. The Balaban J connectivity index is 1.15. The van der Waals surface area contributed by atoms with Crippen LogP contribution >= 0.6 is 23.1 Å². The Morgan fingerprint density at radius 2 is 1.52 bits per heavy atom. The summed E-state index contributed by atoms with van der Waals surface area (Å²) >= 11 is 3.60. The monoisotopic (exact) mass is 741 g/mol. The number of nitrogens with zero attached hydrogens (tertiary/aromatic N) is 2. The van der Waals surface area contributed by atoms with Gasteiger partial charge in [-0.1, -0.05) is 90.8 Å². The molecule has 2 heterocycles. The number of hydrogen-bond donors (Lipinski definition) is 4. The number of hydrogen-bond acceptors (Lipinski definition) is 7. The van der Waals surface area contributed by atoms with Gasteiger partial charge in [-0.3, -0.25) is 9.59 Å². The molecule has 0 spiro atoms. The topological polar surface area (TPSA) is 106 Å². The third-order valence-corrected chi connectivity index (χ3v) is 12.7. The number of fused-ring (bicyclic) bond motifs is 2. The third kappa shape index (κ3) is 10.2. The highest BCUT2D eigenvalue weighted by molar-refractivity contribution is 8.03. The van der Waals surface area contributed by atoms with E-state index in [2.05, 4.69) is 99.9 Å². The van der Waals surface area contributed by atoms with Crippen molar-refractivity contribution in [2.24, 2.45) is 0 Å². The minimum absolute atomic E-state index is 0.124. The van der Waals surface area contributed by atoms with Crippen LogP contribution in [0.3, 0.4) is 0 Å². The highest BCUT2D eigenvalue weighted by Gasteiger charge is 2.27. The number of benzene rings is 2. The van der Waals surface area contributed by atoms with E-state index < -0.39 is 11.9 Å². The quantitative estimate of drug-likeness (QED) is 0.0584. The molecule has 2 saturated carbocycles. The zero-order chi connectivity index (χ0) is 36.3. The average molecular weight is 742 g/mol. The fourth-order valence-electron chi connectivity index (χ4n) is 7.61. The number of carboxylic acids is 2. The molecule has 0 saturated heterocycles. The van der Waals surface area contributed by atoms with E-state index in [0.29, 0.717) is 38.0 Å². The first-order valence-corrected chi connectivity index (χ1v) is 20.6. The van der Waals surface area contributed by atoms with Gasteiger partial charge in [0.2, 0.25) is 5.52 Å². The van der Waals surface area contributed by atoms with Crippen LogP contribution in [0.2, 0.25) is 0 Å². The lowest BCUT2D eigenvalue weighted by Gasteiger charge is -2.22. The molecule has 3 aromatic rings. The molecule has 0 radical (unpaired) electrons.